The van der Waals surface area contributed by atoms with Crippen LogP contribution in [0.2, 0.25) is 0 Å². The molecular weight excluding hydrogens is 260 g/mol. The number of nitrogens with one attached hydrogen (secondary N) is 2. The van der Waals surface area contributed by atoms with Gasteiger partial charge in [0.15, 0.2) is 0 Å². The zero-order valence-electron chi connectivity index (χ0n) is 11.5. The Hall–Kier alpha value is -0.910. The first-order valence-electron chi connectivity index (χ1n) is 6.80. The summed E-state index contributed by atoms with van der Waals surface area (Å²) in [4.78, 5) is 0.346. The van der Waals surface area contributed by atoms with Crippen LogP contribution in [0.5, 0.6) is 0 Å². The second-order valence-corrected chi connectivity index (χ2v) is 7.00. The highest BCUT2D eigenvalue weighted by Crippen LogP contribution is 2.25. The summed E-state index contributed by atoms with van der Waals surface area (Å²) >= 11 is 0. The van der Waals surface area contributed by atoms with Crippen molar-refractivity contribution in [3.05, 3.63) is 29.8 Å². The lowest BCUT2D eigenvalue weighted by Crippen LogP contribution is -2.32. The van der Waals surface area contributed by atoms with Crippen molar-refractivity contribution in [3.8, 4) is 0 Å². The fourth-order valence-electron chi connectivity index (χ4n) is 2.11. The van der Waals surface area contributed by atoms with Gasteiger partial charge in [-0.1, -0.05) is 18.6 Å². The molecule has 1 saturated carbocycles. The minimum Gasteiger partial charge on any atom is -0.313 e. The highest BCUT2D eigenvalue weighted by atomic mass is 32.2. The van der Waals surface area contributed by atoms with Crippen LogP contribution in [0.15, 0.2) is 29.2 Å². The van der Waals surface area contributed by atoms with Gasteiger partial charge in [0.05, 0.1) is 4.90 Å². The van der Waals surface area contributed by atoms with Crippen molar-refractivity contribution in [3.63, 3.8) is 0 Å². The molecule has 0 aromatic heterocycles. The van der Waals surface area contributed by atoms with Crippen LogP contribution in [0.25, 0.3) is 0 Å². The third-order valence-electron chi connectivity index (χ3n) is 3.91. The maximum Gasteiger partial charge on any atom is 0.240 e. The predicted molar refractivity (Wildman–Crippen MR) is 76.4 cm³/mol. The largest absolute Gasteiger partial charge is 0.313 e. The van der Waals surface area contributed by atoms with Gasteiger partial charge in [-0.15, -0.1) is 0 Å². The summed E-state index contributed by atoms with van der Waals surface area (Å²) in [5, 5.41) is 3.13. The molecule has 0 saturated heterocycles. The first kappa shape index (κ1) is 14.5. The number of hydrogen-bond donors (Lipinski definition) is 2. The SMILES string of the molecule is CNC(C)c1ccc(S(=O)(=O)NCC2CCC2)cc1. The normalized spacial score (nSPS) is 18.0. The van der Waals surface area contributed by atoms with Crippen LogP contribution in [0.1, 0.15) is 37.8 Å². The predicted octanol–water partition coefficient (Wildman–Crippen LogP) is 2.05. The molecule has 1 aliphatic rings. The minimum atomic E-state index is -3.35. The van der Waals surface area contributed by atoms with Crippen LogP contribution in [-0.4, -0.2) is 22.0 Å². The molecule has 0 bridgehead atoms. The summed E-state index contributed by atoms with van der Waals surface area (Å²) in [5.41, 5.74) is 1.08. The molecule has 0 spiro atoms. The monoisotopic (exact) mass is 282 g/mol. The Morgan fingerprint density at radius 3 is 2.37 bits per heavy atom. The van der Waals surface area contributed by atoms with E-state index in [1.807, 2.05) is 26.1 Å². The molecule has 1 aromatic rings. The first-order valence-corrected chi connectivity index (χ1v) is 8.28. The molecule has 0 radical (unpaired) electrons. The minimum absolute atomic E-state index is 0.222. The molecule has 1 aliphatic carbocycles. The molecule has 1 aromatic carbocycles. The van der Waals surface area contributed by atoms with Crippen molar-refractivity contribution >= 4 is 10.0 Å². The lowest BCUT2D eigenvalue weighted by atomic mass is 9.86. The zero-order chi connectivity index (χ0) is 13.9. The Morgan fingerprint density at radius 1 is 1.26 bits per heavy atom. The molecule has 1 fully saturated rings. The number of sulfonamides is 1. The van der Waals surface area contributed by atoms with Gasteiger partial charge in [-0.3, -0.25) is 0 Å². The van der Waals surface area contributed by atoms with Gasteiger partial charge in [0.25, 0.3) is 0 Å². The fourth-order valence-corrected chi connectivity index (χ4v) is 3.23. The summed E-state index contributed by atoms with van der Waals surface area (Å²) in [6.07, 6.45) is 3.51. The molecule has 2 N–H and O–H groups in total. The third-order valence-corrected chi connectivity index (χ3v) is 5.35. The molecule has 106 valence electrons. The molecule has 2 rings (SSSR count). The number of hydrogen-bond acceptors (Lipinski definition) is 3. The van der Waals surface area contributed by atoms with Gasteiger partial charge in [0.1, 0.15) is 0 Å². The van der Waals surface area contributed by atoms with Gasteiger partial charge in [0, 0.05) is 12.6 Å². The van der Waals surface area contributed by atoms with E-state index in [1.54, 1.807) is 12.1 Å². The van der Waals surface area contributed by atoms with E-state index in [1.165, 1.54) is 6.42 Å². The Labute approximate surface area is 115 Å². The molecule has 1 atom stereocenters. The fraction of sp³-hybridized carbons (Fsp3) is 0.571. The van der Waals surface area contributed by atoms with E-state index in [4.69, 9.17) is 0 Å². The zero-order valence-corrected chi connectivity index (χ0v) is 12.3. The summed E-state index contributed by atoms with van der Waals surface area (Å²) in [7, 11) is -1.47. The highest BCUT2D eigenvalue weighted by molar-refractivity contribution is 7.89. The summed E-state index contributed by atoms with van der Waals surface area (Å²) in [6, 6.07) is 7.29. The van der Waals surface area contributed by atoms with Gasteiger partial charge in [-0.05, 0) is 50.4 Å². The summed E-state index contributed by atoms with van der Waals surface area (Å²) in [5.74, 6) is 0.526. The van der Waals surface area contributed by atoms with Crippen molar-refractivity contribution in [2.45, 2.75) is 37.1 Å². The van der Waals surface area contributed by atoms with E-state index in [0.29, 0.717) is 17.4 Å². The van der Waals surface area contributed by atoms with Crippen molar-refractivity contribution in [2.24, 2.45) is 5.92 Å². The van der Waals surface area contributed by atoms with Crippen molar-refractivity contribution in [1.29, 1.82) is 0 Å². The highest BCUT2D eigenvalue weighted by Gasteiger charge is 2.21. The molecule has 4 nitrogen and oxygen atoms in total. The Bertz CT molecular complexity index is 507. The van der Waals surface area contributed by atoms with Crippen LogP contribution >= 0.6 is 0 Å². The summed E-state index contributed by atoms with van der Waals surface area (Å²) in [6.45, 7) is 2.61. The van der Waals surface area contributed by atoms with Crippen molar-refractivity contribution in [2.75, 3.05) is 13.6 Å². The Morgan fingerprint density at radius 2 is 1.89 bits per heavy atom. The lowest BCUT2D eigenvalue weighted by molar-refractivity contribution is 0.316. The lowest BCUT2D eigenvalue weighted by Gasteiger charge is -2.25. The topological polar surface area (TPSA) is 58.2 Å². The van der Waals surface area contributed by atoms with Gasteiger partial charge >= 0.3 is 0 Å². The molecule has 0 heterocycles. The molecule has 0 amide bonds. The molecule has 5 heteroatoms. The van der Waals surface area contributed by atoms with Gasteiger partial charge in [-0.2, -0.15) is 0 Å². The van der Waals surface area contributed by atoms with Gasteiger partial charge in [0.2, 0.25) is 10.0 Å². The average Bonchev–Trinajstić information content (AvgIpc) is 2.36. The van der Waals surface area contributed by atoms with E-state index in [9.17, 15) is 8.42 Å². The van der Waals surface area contributed by atoms with Crippen molar-refractivity contribution in [1.82, 2.24) is 10.0 Å². The molecule has 1 unspecified atom stereocenters. The van der Waals surface area contributed by atoms with E-state index in [-0.39, 0.29) is 6.04 Å². The van der Waals surface area contributed by atoms with Gasteiger partial charge in [-0.25, -0.2) is 13.1 Å². The van der Waals surface area contributed by atoms with Crippen LogP contribution in [0.3, 0.4) is 0 Å². The van der Waals surface area contributed by atoms with Crippen LogP contribution in [-0.2, 0) is 10.0 Å². The maximum atomic E-state index is 12.1. The van der Waals surface area contributed by atoms with Crippen LogP contribution < -0.4 is 10.0 Å². The number of rotatable bonds is 6. The van der Waals surface area contributed by atoms with E-state index < -0.39 is 10.0 Å². The van der Waals surface area contributed by atoms with E-state index >= 15 is 0 Å². The average molecular weight is 282 g/mol. The van der Waals surface area contributed by atoms with E-state index in [0.717, 1.165) is 18.4 Å². The van der Waals surface area contributed by atoms with Crippen LogP contribution in [0.4, 0.5) is 0 Å². The second kappa shape index (κ2) is 6.03. The molecule has 19 heavy (non-hydrogen) atoms. The van der Waals surface area contributed by atoms with Crippen molar-refractivity contribution < 1.29 is 8.42 Å². The Kier molecular flexibility index (Phi) is 4.60. The molecule has 0 aliphatic heterocycles. The quantitative estimate of drug-likeness (QED) is 0.839. The maximum absolute atomic E-state index is 12.1. The first-order chi connectivity index (χ1) is 9.03. The van der Waals surface area contributed by atoms with Gasteiger partial charge < -0.3 is 5.32 Å². The molecular formula is C14H22N2O2S. The smallest absolute Gasteiger partial charge is 0.240 e. The Balaban J connectivity index is 2.02. The van der Waals surface area contributed by atoms with E-state index in [2.05, 4.69) is 10.0 Å². The number of benzene rings is 1. The third kappa shape index (κ3) is 3.55. The summed E-state index contributed by atoms with van der Waals surface area (Å²) < 4.78 is 26.9. The standard InChI is InChI=1S/C14H22N2O2S/c1-11(15-2)13-6-8-14(9-7-13)19(17,18)16-10-12-4-3-5-12/h6-9,11-12,15-16H,3-5,10H2,1-2H3. The second-order valence-electron chi connectivity index (χ2n) is 5.23. The van der Waals surface area contributed by atoms with Crippen LogP contribution in [0, 0.1) is 5.92 Å².